The maximum absolute atomic E-state index is 13.8. The van der Waals surface area contributed by atoms with Crippen molar-refractivity contribution >= 4 is 22.4 Å². The molecule has 1 N–H and O–H groups in total. The van der Waals surface area contributed by atoms with E-state index in [0.717, 1.165) is 0 Å². The zero-order valence-electron chi connectivity index (χ0n) is 13.6. The number of ether oxygens (including phenoxy) is 1. The summed E-state index contributed by atoms with van der Waals surface area (Å²) < 4.78 is 18.7. The van der Waals surface area contributed by atoms with Crippen LogP contribution in [0.4, 0.5) is 15.9 Å². The van der Waals surface area contributed by atoms with Gasteiger partial charge in [-0.15, -0.1) is 0 Å². The van der Waals surface area contributed by atoms with Crippen LogP contribution in [-0.2, 0) is 6.54 Å². The van der Waals surface area contributed by atoms with E-state index in [-0.39, 0.29) is 11.4 Å². The summed E-state index contributed by atoms with van der Waals surface area (Å²) in [6.07, 6.45) is 0. The van der Waals surface area contributed by atoms with Crippen LogP contribution in [0.5, 0.6) is 5.75 Å². The second-order valence-corrected chi connectivity index (χ2v) is 5.40. The highest BCUT2D eigenvalue weighted by molar-refractivity contribution is 5.90. The molecule has 0 radical (unpaired) electrons. The SMILES string of the molecule is COc1ccc(CNc2nc(C)nc3ccc([N+](=O)[O-])cc23)cc1F. The Bertz CT molecular complexity index is 962. The number of methoxy groups -OCH3 is 1. The molecule has 3 rings (SSSR count). The van der Waals surface area contributed by atoms with Gasteiger partial charge in [-0.3, -0.25) is 10.1 Å². The van der Waals surface area contributed by atoms with Gasteiger partial charge in [0.15, 0.2) is 11.6 Å². The third-order valence-electron chi connectivity index (χ3n) is 3.68. The van der Waals surface area contributed by atoms with Gasteiger partial charge < -0.3 is 10.1 Å². The highest BCUT2D eigenvalue weighted by atomic mass is 19.1. The molecule has 0 saturated heterocycles. The van der Waals surface area contributed by atoms with Crippen molar-refractivity contribution in [2.45, 2.75) is 13.5 Å². The normalized spacial score (nSPS) is 10.7. The molecular formula is C17H15FN4O3. The van der Waals surface area contributed by atoms with Gasteiger partial charge >= 0.3 is 0 Å². The molecule has 0 unspecified atom stereocenters. The minimum atomic E-state index is -0.470. The highest BCUT2D eigenvalue weighted by Crippen LogP contribution is 2.26. The Hall–Kier alpha value is -3.29. The first-order valence-electron chi connectivity index (χ1n) is 7.47. The lowest BCUT2D eigenvalue weighted by molar-refractivity contribution is -0.384. The fourth-order valence-corrected chi connectivity index (χ4v) is 2.49. The Morgan fingerprint density at radius 3 is 2.72 bits per heavy atom. The largest absolute Gasteiger partial charge is 0.494 e. The predicted molar refractivity (Wildman–Crippen MR) is 91.2 cm³/mol. The molecule has 0 aliphatic carbocycles. The van der Waals surface area contributed by atoms with E-state index in [1.165, 1.54) is 25.3 Å². The average molecular weight is 342 g/mol. The van der Waals surface area contributed by atoms with Gasteiger partial charge in [0.2, 0.25) is 0 Å². The molecule has 8 heteroatoms. The summed E-state index contributed by atoms with van der Waals surface area (Å²) in [6, 6.07) is 9.04. The molecule has 0 saturated carbocycles. The zero-order valence-corrected chi connectivity index (χ0v) is 13.6. The number of hydrogen-bond donors (Lipinski definition) is 1. The average Bonchev–Trinajstić information content (AvgIpc) is 2.59. The standard InChI is InChI=1S/C17H15FN4O3/c1-10-20-15-5-4-12(22(23)24)8-13(15)17(21-10)19-9-11-3-6-16(25-2)14(18)7-11/h3-8H,9H2,1-2H3,(H,19,20,21). The Morgan fingerprint density at radius 2 is 2.04 bits per heavy atom. The number of non-ortho nitro benzene ring substituents is 1. The number of nitro groups is 1. The topological polar surface area (TPSA) is 90.2 Å². The minimum absolute atomic E-state index is 0.0431. The number of fused-ring (bicyclic) bond motifs is 1. The molecule has 7 nitrogen and oxygen atoms in total. The molecular weight excluding hydrogens is 327 g/mol. The molecule has 1 aromatic heterocycles. The summed E-state index contributed by atoms with van der Waals surface area (Å²) >= 11 is 0. The Kier molecular flexibility index (Phi) is 4.42. The van der Waals surface area contributed by atoms with Gasteiger partial charge in [-0.1, -0.05) is 6.07 Å². The maximum Gasteiger partial charge on any atom is 0.270 e. The molecule has 0 atom stereocenters. The summed E-state index contributed by atoms with van der Waals surface area (Å²) in [7, 11) is 1.40. The van der Waals surface area contributed by atoms with E-state index in [4.69, 9.17) is 4.74 Å². The van der Waals surface area contributed by atoms with Crippen LogP contribution in [0.1, 0.15) is 11.4 Å². The summed E-state index contributed by atoms with van der Waals surface area (Å²) in [4.78, 5) is 19.1. The first-order valence-corrected chi connectivity index (χ1v) is 7.47. The van der Waals surface area contributed by atoms with Crippen molar-refractivity contribution in [1.29, 1.82) is 0 Å². The number of halogens is 1. The molecule has 0 amide bonds. The minimum Gasteiger partial charge on any atom is -0.494 e. The molecule has 0 spiro atoms. The molecule has 2 aromatic carbocycles. The van der Waals surface area contributed by atoms with Crippen LogP contribution >= 0.6 is 0 Å². The summed E-state index contributed by atoms with van der Waals surface area (Å²) in [5.74, 6) is 0.705. The lowest BCUT2D eigenvalue weighted by Gasteiger charge is -2.10. The van der Waals surface area contributed by atoms with Crippen LogP contribution in [0.3, 0.4) is 0 Å². The smallest absolute Gasteiger partial charge is 0.270 e. The van der Waals surface area contributed by atoms with Crippen LogP contribution < -0.4 is 10.1 Å². The van der Waals surface area contributed by atoms with Gasteiger partial charge in [-0.05, 0) is 30.7 Å². The summed E-state index contributed by atoms with van der Waals surface area (Å²) in [6.45, 7) is 2.04. The fraction of sp³-hybridized carbons (Fsp3) is 0.176. The van der Waals surface area contributed by atoms with Gasteiger partial charge in [0.25, 0.3) is 5.69 Å². The van der Waals surface area contributed by atoms with Crippen molar-refractivity contribution in [3.63, 3.8) is 0 Å². The number of nitro benzene ring substituents is 1. The van der Waals surface area contributed by atoms with E-state index in [1.807, 2.05) is 0 Å². The van der Waals surface area contributed by atoms with Crippen molar-refractivity contribution in [3.05, 3.63) is 63.7 Å². The molecule has 0 fully saturated rings. The lowest BCUT2D eigenvalue weighted by atomic mass is 10.2. The number of nitrogens with zero attached hydrogens (tertiary/aromatic N) is 3. The van der Waals surface area contributed by atoms with Gasteiger partial charge in [0, 0.05) is 24.1 Å². The first-order chi connectivity index (χ1) is 12.0. The van der Waals surface area contributed by atoms with Crippen LogP contribution in [0.25, 0.3) is 10.9 Å². The molecule has 1 heterocycles. The van der Waals surface area contributed by atoms with E-state index >= 15 is 0 Å². The van der Waals surface area contributed by atoms with Gasteiger partial charge in [-0.2, -0.15) is 0 Å². The number of aryl methyl sites for hydroxylation is 1. The Labute approximate surface area is 142 Å². The number of anilines is 1. The summed E-state index contributed by atoms with van der Waals surface area (Å²) in [5, 5.41) is 14.6. The van der Waals surface area contributed by atoms with Crippen molar-refractivity contribution in [2.24, 2.45) is 0 Å². The van der Waals surface area contributed by atoms with E-state index < -0.39 is 10.7 Å². The molecule has 0 aliphatic rings. The van der Waals surface area contributed by atoms with Crippen LogP contribution in [-0.4, -0.2) is 22.0 Å². The molecule has 3 aromatic rings. The third kappa shape index (κ3) is 3.47. The molecule has 0 bridgehead atoms. The number of aromatic nitrogens is 2. The van der Waals surface area contributed by atoms with Crippen LogP contribution in [0.15, 0.2) is 36.4 Å². The van der Waals surface area contributed by atoms with E-state index in [1.54, 1.807) is 25.1 Å². The van der Waals surface area contributed by atoms with Crippen molar-refractivity contribution in [2.75, 3.05) is 12.4 Å². The van der Waals surface area contributed by atoms with Crippen molar-refractivity contribution in [1.82, 2.24) is 9.97 Å². The Balaban J connectivity index is 1.93. The summed E-state index contributed by atoms with van der Waals surface area (Å²) in [5.41, 5.74) is 1.24. The predicted octanol–water partition coefficient (Wildman–Crippen LogP) is 3.61. The number of nitrogens with one attached hydrogen (secondary N) is 1. The molecule has 0 aliphatic heterocycles. The van der Waals surface area contributed by atoms with E-state index in [2.05, 4.69) is 15.3 Å². The van der Waals surface area contributed by atoms with Gasteiger partial charge in [0.1, 0.15) is 11.6 Å². The number of hydrogen-bond acceptors (Lipinski definition) is 6. The number of benzene rings is 2. The quantitative estimate of drug-likeness (QED) is 0.563. The Morgan fingerprint density at radius 1 is 1.24 bits per heavy atom. The lowest BCUT2D eigenvalue weighted by Crippen LogP contribution is -2.05. The second-order valence-electron chi connectivity index (χ2n) is 5.40. The van der Waals surface area contributed by atoms with Gasteiger partial charge in [-0.25, -0.2) is 14.4 Å². The van der Waals surface area contributed by atoms with Crippen LogP contribution in [0.2, 0.25) is 0 Å². The third-order valence-corrected chi connectivity index (χ3v) is 3.68. The zero-order chi connectivity index (χ0) is 18.0. The maximum atomic E-state index is 13.8. The van der Waals surface area contributed by atoms with E-state index in [0.29, 0.717) is 34.7 Å². The monoisotopic (exact) mass is 342 g/mol. The van der Waals surface area contributed by atoms with Crippen molar-refractivity contribution in [3.8, 4) is 5.75 Å². The van der Waals surface area contributed by atoms with Crippen LogP contribution in [0, 0.1) is 22.9 Å². The van der Waals surface area contributed by atoms with E-state index in [9.17, 15) is 14.5 Å². The molecule has 25 heavy (non-hydrogen) atoms. The first kappa shape index (κ1) is 16.6. The highest BCUT2D eigenvalue weighted by Gasteiger charge is 2.12. The second kappa shape index (κ2) is 6.68. The van der Waals surface area contributed by atoms with Crippen molar-refractivity contribution < 1.29 is 14.1 Å². The van der Waals surface area contributed by atoms with Gasteiger partial charge in [0.05, 0.1) is 17.5 Å². The number of rotatable bonds is 5. The fourth-order valence-electron chi connectivity index (χ4n) is 2.49. The molecule has 128 valence electrons.